The molecule has 0 atom stereocenters. The molecule has 5 rings (SSSR count). The maximum Gasteiger partial charge on any atom is 0.252 e. The van der Waals surface area contributed by atoms with Gasteiger partial charge in [-0.3, -0.25) is 4.79 Å². The molecular weight excluding hydrogens is 378 g/mol. The summed E-state index contributed by atoms with van der Waals surface area (Å²) in [5, 5.41) is 13.6. The Morgan fingerprint density at radius 1 is 1.13 bits per heavy atom. The molecule has 0 bridgehead atoms. The van der Waals surface area contributed by atoms with Gasteiger partial charge < -0.3 is 25.0 Å². The molecule has 6 nitrogen and oxygen atoms in total. The number of carbonyl (C=O) groups is 1. The predicted molar refractivity (Wildman–Crippen MR) is 117 cm³/mol. The van der Waals surface area contributed by atoms with Gasteiger partial charge in [-0.05, 0) is 49.1 Å². The monoisotopic (exact) mass is 405 g/mol. The minimum absolute atomic E-state index is 0.00788. The number of aliphatic hydroxyl groups is 1. The maximum atomic E-state index is 12.2. The summed E-state index contributed by atoms with van der Waals surface area (Å²) in [6.45, 7) is 4.22. The van der Waals surface area contributed by atoms with Gasteiger partial charge in [0, 0.05) is 48.3 Å². The van der Waals surface area contributed by atoms with Crippen LogP contribution >= 0.6 is 0 Å². The van der Waals surface area contributed by atoms with Gasteiger partial charge in [0.25, 0.3) is 5.91 Å². The number of nitrogens with one attached hydrogen (secondary N) is 2. The number of aromatic amines is 1. The zero-order valence-corrected chi connectivity index (χ0v) is 17.0. The second kappa shape index (κ2) is 8.13. The van der Waals surface area contributed by atoms with Gasteiger partial charge in [0.05, 0.1) is 18.3 Å². The third-order valence-corrected chi connectivity index (χ3v) is 6.14. The first-order valence-corrected chi connectivity index (χ1v) is 10.7. The van der Waals surface area contributed by atoms with Gasteiger partial charge in [0.1, 0.15) is 5.75 Å². The van der Waals surface area contributed by atoms with Crippen LogP contribution in [0.4, 0.5) is 0 Å². The van der Waals surface area contributed by atoms with Crippen molar-refractivity contribution in [3.63, 3.8) is 0 Å². The van der Waals surface area contributed by atoms with Crippen LogP contribution in [0.2, 0.25) is 0 Å². The summed E-state index contributed by atoms with van der Waals surface area (Å²) < 4.78 is 5.98. The molecule has 0 radical (unpaired) electrons. The van der Waals surface area contributed by atoms with Gasteiger partial charge in [0.2, 0.25) is 0 Å². The fourth-order valence-corrected chi connectivity index (χ4v) is 4.47. The van der Waals surface area contributed by atoms with Gasteiger partial charge >= 0.3 is 0 Å². The summed E-state index contributed by atoms with van der Waals surface area (Å²) >= 11 is 0. The fraction of sp³-hybridized carbons (Fsp3) is 0.375. The van der Waals surface area contributed by atoms with Crippen molar-refractivity contribution in [2.24, 2.45) is 0 Å². The second-order valence-electron chi connectivity index (χ2n) is 8.23. The first-order chi connectivity index (χ1) is 14.7. The first kappa shape index (κ1) is 19.2. The highest BCUT2D eigenvalue weighted by Crippen LogP contribution is 2.32. The van der Waals surface area contributed by atoms with Crippen molar-refractivity contribution < 1.29 is 14.6 Å². The van der Waals surface area contributed by atoms with E-state index in [2.05, 4.69) is 27.3 Å². The Morgan fingerprint density at radius 2 is 2.00 bits per heavy atom. The Bertz CT molecular complexity index is 1070. The molecule has 1 saturated heterocycles. The van der Waals surface area contributed by atoms with Crippen LogP contribution in [0, 0.1) is 0 Å². The molecule has 0 aliphatic carbocycles. The second-order valence-corrected chi connectivity index (χ2v) is 8.23. The molecule has 1 fully saturated rings. The zero-order chi connectivity index (χ0) is 20.5. The normalized spacial score (nSPS) is 17.3. The number of benzene rings is 2. The van der Waals surface area contributed by atoms with E-state index in [1.165, 1.54) is 0 Å². The number of ether oxygens (including phenoxy) is 1. The average Bonchev–Trinajstić information content (AvgIpc) is 3.36. The number of likely N-dealkylation sites (tertiary alicyclic amines) is 1. The lowest BCUT2D eigenvalue weighted by Crippen LogP contribution is -2.36. The summed E-state index contributed by atoms with van der Waals surface area (Å²) in [5.74, 6) is 0.852. The molecular formula is C24H27N3O3. The molecule has 0 spiro atoms. The van der Waals surface area contributed by atoms with Crippen molar-refractivity contribution in [3.8, 4) is 17.0 Å². The van der Waals surface area contributed by atoms with Crippen molar-refractivity contribution in [1.29, 1.82) is 0 Å². The lowest BCUT2D eigenvalue weighted by atomic mass is 10.0. The van der Waals surface area contributed by atoms with E-state index in [-0.39, 0.29) is 12.0 Å². The molecule has 2 aliphatic rings. The van der Waals surface area contributed by atoms with Crippen molar-refractivity contribution in [2.75, 3.05) is 26.2 Å². The van der Waals surface area contributed by atoms with Gasteiger partial charge in [-0.1, -0.05) is 18.2 Å². The molecule has 3 aromatic rings. The van der Waals surface area contributed by atoms with Crippen molar-refractivity contribution in [1.82, 2.24) is 15.2 Å². The number of rotatable bonds is 6. The highest BCUT2D eigenvalue weighted by Gasteiger charge is 2.23. The maximum absolute atomic E-state index is 12.2. The lowest BCUT2D eigenvalue weighted by Gasteiger charge is -2.29. The summed E-state index contributed by atoms with van der Waals surface area (Å²) in [7, 11) is 0. The van der Waals surface area contributed by atoms with Crippen LogP contribution in [0.5, 0.6) is 5.75 Å². The molecule has 3 N–H and O–H groups in total. The van der Waals surface area contributed by atoms with Crippen LogP contribution in [0.1, 0.15) is 35.2 Å². The minimum atomic E-state index is -0.123. The van der Waals surface area contributed by atoms with Crippen molar-refractivity contribution in [2.45, 2.75) is 31.9 Å². The van der Waals surface area contributed by atoms with Gasteiger partial charge in [-0.15, -0.1) is 0 Å². The first-order valence-electron chi connectivity index (χ1n) is 10.7. The Balaban J connectivity index is 1.25. The van der Waals surface area contributed by atoms with Crippen LogP contribution < -0.4 is 10.1 Å². The molecule has 2 aromatic carbocycles. The van der Waals surface area contributed by atoms with Gasteiger partial charge in [-0.25, -0.2) is 0 Å². The van der Waals surface area contributed by atoms with E-state index in [4.69, 9.17) is 4.74 Å². The number of amides is 1. The highest BCUT2D eigenvalue weighted by molar-refractivity contribution is 6.05. The molecule has 3 heterocycles. The predicted octanol–water partition coefficient (Wildman–Crippen LogP) is 3.30. The summed E-state index contributed by atoms with van der Waals surface area (Å²) in [4.78, 5) is 18.1. The Hall–Kier alpha value is -2.83. The van der Waals surface area contributed by atoms with Crippen LogP contribution in [0.3, 0.4) is 0 Å². The Labute approximate surface area is 175 Å². The third kappa shape index (κ3) is 3.80. The van der Waals surface area contributed by atoms with Crippen LogP contribution in [-0.4, -0.2) is 53.2 Å². The van der Waals surface area contributed by atoms with Crippen LogP contribution in [0.25, 0.3) is 22.2 Å². The van der Waals surface area contributed by atoms with E-state index in [0.717, 1.165) is 77.9 Å². The van der Waals surface area contributed by atoms with E-state index in [0.29, 0.717) is 13.2 Å². The van der Waals surface area contributed by atoms with Crippen molar-refractivity contribution in [3.05, 3.63) is 53.6 Å². The van der Waals surface area contributed by atoms with Gasteiger partial charge in [-0.2, -0.15) is 0 Å². The number of aliphatic hydroxyl groups excluding tert-OH is 1. The molecule has 6 heteroatoms. The van der Waals surface area contributed by atoms with Crippen LogP contribution in [-0.2, 0) is 6.54 Å². The van der Waals surface area contributed by atoms with Gasteiger partial charge in [0.15, 0.2) is 0 Å². The number of piperidine rings is 1. The van der Waals surface area contributed by atoms with E-state index < -0.39 is 0 Å². The lowest BCUT2D eigenvalue weighted by molar-refractivity contribution is 0.0800. The zero-order valence-electron chi connectivity index (χ0n) is 17.0. The minimum Gasteiger partial charge on any atom is -0.494 e. The molecule has 0 saturated carbocycles. The average molecular weight is 405 g/mol. The molecule has 30 heavy (non-hydrogen) atoms. The Kier molecular flexibility index (Phi) is 5.19. The quantitative estimate of drug-likeness (QED) is 0.550. The summed E-state index contributed by atoms with van der Waals surface area (Å²) in [6.07, 6.45) is 2.60. The van der Waals surface area contributed by atoms with E-state index in [1.54, 1.807) is 0 Å². The molecule has 156 valence electrons. The standard InChI is InChI=1S/C24H27N3O3/c28-18-7-10-27(11-8-18)9-2-12-30-19-5-6-21-17(13-19)14-22(26-21)20-4-1-3-16-15-25-24(29)23(16)20/h1,3-6,13-14,18,26,28H,2,7-12,15H2,(H,25,29). The number of hydrogen-bond acceptors (Lipinski definition) is 4. The van der Waals surface area contributed by atoms with Crippen LogP contribution in [0.15, 0.2) is 42.5 Å². The smallest absolute Gasteiger partial charge is 0.252 e. The highest BCUT2D eigenvalue weighted by atomic mass is 16.5. The SMILES string of the molecule is O=C1NCc2cccc(-c3cc4cc(OCCCN5CCC(O)CC5)ccc4[nH]3)c21. The number of hydrogen-bond donors (Lipinski definition) is 3. The largest absolute Gasteiger partial charge is 0.494 e. The van der Waals surface area contributed by atoms with Crippen molar-refractivity contribution >= 4 is 16.8 Å². The number of carbonyl (C=O) groups excluding carboxylic acids is 1. The molecule has 1 aromatic heterocycles. The Morgan fingerprint density at radius 3 is 2.87 bits per heavy atom. The summed E-state index contributed by atoms with van der Waals surface area (Å²) in [6, 6.07) is 14.1. The molecule has 0 unspecified atom stereocenters. The number of H-pyrrole nitrogens is 1. The van der Waals surface area contributed by atoms with E-state index in [9.17, 15) is 9.90 Å². The number of fused-ring (bicyclic) bond motifs is 2. The summed E-state index contributed by atoms with van der Waals surface area (Å²) in [5.41, 5.74) is 4.73. The molecule has 1 amide bonds. The van der Waals surface area contributed by atoms with E-state index >= 15 is 0 Å². The van der Waals surface area contributed by atoms with E-state index in [1.807, 2.05) is 30.3 Å². The number of nitrogens with zero attached hydrogens (tertiary/aromatic N) is 1. The third-order valence-electron chi connectivity index (χ3n) is 6.14. The molecule has 2 aliphatic heterocycles. The topological polar surface area (TPSA) is 77.6 Å². The number of aromatic nitrogens is 1. The fourth-order valence-electron chi connectivity index (χ4n) is 4.47.